The van der Waals surface area contributed by atoms with Crippen molar-refractivity contribution in [3.05, 3.63) is 70.0 Å². The SMILES string of the molecule is O=[N+]([O-])c1cn2c(n1)OCCN(Cc1ccnc(-c3ccc(C(F)(F)F)cc3)c1)CC2. The highest BCUT2D eigenvalue weighted by molar-refractivity contribution is 5.60. The molecule has 1 aromatic carbocycles. The van der Waals surface area contributed by atoms with Crippen LogP contribution in [0.1, 0.15) is 11.1 Å². The Morgan fingerprint density at radius 3 is 2.61 bits per heavy atom. The summed E-state index contributed by atoms with van der Waals surface area (Å²) in [6, 6.07) is 8.83. The highest BCUT2D eigenvalue weighted by atomic mass is 19.4. The molecule has 162 valence electrons. The van der Waals surface area contributed by atoms with Crippen molar-refractivity contribution in [1.82, 2.24) is 19.4 Å². The number of nitrogens with zero attached hydrogens (tertiary/aromatic N) is 5. The van der Waals surface area contributed by atoms with Crippen LogP contribution >= 0.6 is 0 Å². The van der Waals surface area contributed by atoms with Crippen LogP contribution in [0.4, 0.5) is 19.0 Å². The highest BCUT2D eigenvalue weighted by Gasteiger charge is 2.30. The summed E-state index contributed by atoms with van der Waals surface area (Å²) in [5, 5.41) is 10.9. The van der Waals surface area contributed by atoms with E-state index in [1.54, 1.807) is 10.8 Å². The maximum Gasteiger partial charge on any atom is 0.416 e. The van der Waals surface area contributed by atoms with Gasteiger partial charge in [-0.15, -0.1) is 0 Å². The molecule has 2 aromatic heterocycles. The Balaban J connectivity index is 1.45. The molecular weight excluding hydrogens is 415 g/mol. The lowest BCUT2D eigenvalue weighted by Crippen LogP contribution is -2.33. The van der Waals surface area contributed by atoms with Crippen LogP contribution in [0.25, 0.3) is 11.3 Å². The lowest BCUT2D eigenvalue weighted by atomic mass is 10.1. The molecule has 8 nitrogen and oxygen atoms in total. The van der Waals surface area contributed by atoms with E-state index in [4.69, 9.17) is 4.74 Å². The van der Waals surface area contributed by atoms with Gasteiger partial charge in [0, 0.05) is 42.9 Å². The quantitative estimate of drug-likeness (QED) is 0.460. The van der Waals surface area contributed by atoms with Gasteiger partial charge in [0.1, 0.15) is 12.8 Å². The number of fused-ring (bicyclic) bond motifs is 1. The van der Waals surface area contributed by atoms with Crippen molar-refractivity contribution in [3.63, 3.8) is 0 Å². The van der Waals surface area contributed by atoms with Gasteiger partial charge >= 0.3 is 18.0 Å². The van der Waals surface area contributed by atoms with Gasteiger partial charge in [-0.05, 0) is 34.8 Å². The van der Waals surface area contributed by atoms with Crippen LogP contribution in [0.3, 0.4) is 0 Å². The molecule has 0 saturated heterocycles. The van der Waals surface area contributed by atoms with Crippen LogP contribution in [-0.4, -0.2) is 44.1 Å². The van der Waals surface area contributed by atoms with Crippen LogP contribution in [0.2, 0.25) is 0 Å². The smallest absolute Gasteiger partial charge is 0.416 e. The van der Waals surface area contributed by atoms with Crippen molar-refractivity contribution in [2.24, 2.45) is 0 Å². The van der Waals surface area contributed by atoms with Crippen molar-refractivity contribution in [2.75, 3.05) is 19.7 Å². The van der Waals surface area contributed by atoms with E-state index in [1.165, 1.54) is 18.3 Å². The first kappa shape index (κ1) is 20.8. The first-order valence-electron chi connectivity index (χ1n) is 9.49. The predicted molar refractivity (Wildman–Crippen MR) is 104 cm³/mol. The Morgan fingerprint density at radius 1 is 1.13 bits per heavy atom. The fourth-order valence-electron chi connectivity index (χ4n) is 3.35. The molecule has 0 bridgehead atoms. The molecule has 3 aromatic rings. The van der Waals surface area contributed by atoms with Crippen LogP contribution in [-0.2, 0) is 19.3 Å². The maximum absolute atomic E-state index is 12.8. The van der Waals surface area contributed by atoms with E-state index in [2.05, 4.69) is 14.9 Å². The maximum atomic E-state index is 12.8. The average molecular weight is 433 g/mol. The van der Waals surface area contributed by atoms with Crippen LogP contribution in [0.5, 0.6) is 6.01 Å². The summed E-state index contributed by atoms with van der Waals surface area (Å²) in [6.07, 6.45) is -1.40. The Morgan fingerprint density at radius 2 is 1.90 bits per heavy atom. The zero-order chi connectivity index (χ0) is 22.0. The number of benzene rings is 1. The summed E-state index contributed by atoms with van der Waals surface area (Å²) in [5.41, 5.74) is 1.43. The average Bonchev–Trinajstić information content (AvgIpc) is 3.12. The van der Waals surface area contributed by atoms with Crippen LogP contribution in [0, 0.1) is 10.1 Å². The molecule has 1 aliphatic rings. The number of aromatic nitrogens is 3. The lowest BCUT2D eigenvalue weighted by molar-refractivity contribution is -0.389. The molecule has 4 rings (SSSR count). The summed E-state index contributed by atoms with van der Waals surface area (Å²) in [5.74, 6) is -0.251. The molecule has 0 aliphatic carbocycles. The normalized spacial score (nSPS) is 14.9. The number of imidazole rings is 1. The summed E-state index contributed by atoms with van der Waals surface area (Å²) >= 11 is 0. The highest BCUT2D eigenvalue weighted by Crippen LogP contribution is 2.30. The summed E-state index contributed by atoms with van der Waals surface area (Å²) in [7, 11) is 0. The topological polar surface area (TPSA) is 86.3 Å². The third-order valence-electron chi connectivity index (χ3n) is 4.95. The Kier molecular flexibility index (Phi) is 5.59. The van der Waals surface area contributed by atoms with Crippen molar-refractivity contribution in [3.8, 4) is 17.3 Å². The second kappa shape index (κ2) is 8.34. The molecule has 0 N–H and O–H groups in total. The van der Waals surface area contributed by atoms with Gasteiger partial charge < -0.3 is 14.9 Å². The van der Waals surface area contributed by atoms with Gasteiger partial charge in [0.25, 0.3) is 0 Å². The van der Waals surface area contributed by atoms with E-state index in [9.17, 15) is 23.3 Å². The van der Waals surface area contributed by atoms with Crippen molar-refractivity contribution in [2.45, 2.75) is 19.3 Å². The van der Waals surface area contributed by atoms with Crippen LogP contribution < -0.4 is 4.74 Å². The fraction of sp³-hybridized carbons (Fsp3) is 0.300. The Hall–Kier alpha value is -3.47. The van der Waals surface area contributed by atoms with E-state index in [-0.39, 0.29) is 11.8 Å². The van der Waals surface area contributed by atoms with Crippen molar-refractivity contribution >= 4 is 5.82 Å². The molecule has 0 radical (unpaired) electrons. The van der Waals surface area contributed by atoms with Crippen molar-refractivity contribution in [1.29, 1.82) is 0 Å². The number of halogens is 3. The zero-order valence-corrected chi connectivity index (χ0v) is 16.2. The van der Waals surface area contributed by atoms with E-state index in [0.29, 0.717) is 44.0 Å². The standard InChI is InChI=1S/C20H18F3N5O3/c21-20(22,23)16-3-1-15(2-4-16)17-11-14(5-6-24-17)12-26-7-8-27-13-18(28(29)30)25-19(27)31-10-9-26/h1-6,11,13H,7-10,12H2. The molecule has 0 saturated carbocycles. The van der Waals surface area contributed by atoms with E-state index in [1.807, 2.05) is 12.1 Å². The Labute approximate surface area is 175 Å². The van der Waals surface area contributed by atoms with Gasteiger partial charge in [-0.2, -0.15) is 13.2 Å². The molecule has 3 heterocycles. The first-order valence-corrected chi connectivity index (χ1v) is 9.49. The van der Waals surface area contributed by atoms with Gasteiger partial charge in [0.2, 0.25) is 0 Å². The Bertz CT molecular complexity index is 1080. The molecule has 0 fully saturated rings. The second-order valence-electron chi connectivity index (χ2n) is 7.08. The second-order valence-corrected chi connectivity index (χ2v) is 7.08. The summed E-state index contributed by atoms with van der Waals surface area (Å²) in [4.78, 5) is 20.6. The van der Waals surface area contributed by atoms with E-state index >= 15 is 0 Å². The number of ether oxygens (including phenoxy) is 1. The third-order valence-corrected chi connectivity index (χ3v) is 4.95. The number of rotatable bonds is 4. The molecule has 0 atom stereocenters. The number of hydrogen-bond donors (Lipinski definition) is 0. The summed E-state index contributed by atoms with van der Waals surface area (Å²) in [6.45, 7) is 2.60. The lowest BCUT2D eigenvalue weighted by Gasteiger charge is -2.24. The van der Waals surface area contributed by atoms with E-state index in [0.717, 1.165) is 17.7 Å². The third kappa shape index (κ3) is 4.82. The summed E-state index contributed by atoms with van der Waals surface area (Å²) < 4.78 is 45.5. The minimum absolute atomic E-state index is 0.236. The number of alkyl halides is 3. The van der Waals surface area contributed by atoms with Crippen molar-refractivity contribution < 1.29 is 22.8 Å². The molecule has 31 heavy (non-hydrogen) atoms. The zero-order valence-electron chi connectivity index (χ0n) is 16.2. The van der Waals surface area contributed by atoms with Gasteiger partial charge in [-0.1, -0.05) is 12.1 Å². The van der Waals surface area contributed by atoms with Gasteiger partial charge in [-0.25, -0.2) is 0 Å². The predicted octanol–water partition coefficient (Wildman–Crippen LogP) is 3.77. The molecule has 1 aliphatic heterocycles. The molecule has 0 amide bonds. The molecule has 11 heteroatoms. The van der Waals surface area contributed by atoms with E-state index < -0.39 is 16.7 Å². The number of nitro groups is 1. The molecule has 0 unspecified atom stereocenters. The van der Waals surface area contributed by atoms with Gasteiger partial charge in [0.15, 0.2) is 0 Å². The molecular formula is C20H18F3N5O3. The van der Waals surface area contributed by atoms with Gasteiger partial charge in [0.05, 0.1) is 11.3 Å². The largest absolute Gasteiger partial charge is 0.444 e. The monoisotopic (exact) mass is 433 g/mol. The van der Waals surface area contributed by atoms with Crippen LogP contribution in [0.15, 0.2) is 48.8 Å². The molecule has 0 spiro atoms. The number of pyridine rings is 1. The minimum atomic E-state index is -4.38. The van der Waals surface area contributed by atoms with Gasteiger partial charge in [-0.3, -0.25) is 14.5 Å². The number of hydrogen-bond acceptors (Lipinski definition) is 6. The fourth-order valence-corrected chi connectivity index (χ4v) is 3.35. The first-order chi connectivity index (χ1) is 14.8. The minimum Gasteiger partial charge on any atom is -0.444 e.